The van der Waals surface area contributed by atoms with E-state index in [0.29, 0.717) is 5.56 Å². The van der Waals surface area contributed by atoms with Gasteiger partial charge in [-0.3, -0.25) is 0 Å². The number of aliphatic carboxylic acids is 1. The van der Waals surface area contributed by atoms with Crippen molar-refractivity contribution in [2.24, 2.45) is 0 Å². The number of carboxylic acids is 1. The Morgan fingerprint density at radius 3 is 2.37 bits per heavy atom. The first-order chi connectivity index (χ1) is 9.07. The Hall–Kier alpha value is -1.55. The molecular formula is C13H12O4PS+. The van der Waals surface area contributed by atoms with Gasteiger partial charge in [0.15, 0.2) is 0 Å². The van der Waals surface area contributed by atoms with Gasteiger partial charge in [-0.2, -0.15) is 4.89 Å². The molecule has 2 unspecified atom stereocenters. The molecule has 0 aliphatic carbocycles. The molecule has 2 rings (SSSR count). The van der Waals surface area contributed by atoms with Crippen LogP contribution < -0.4 is 0 Å². The predicted octanol–water partition coefficient (Wildman–Crippen LogP) is 3.01. The number of hydrogen-bond donors (Lipinski definition) is 2. The average molecular weight is 295 g/mol. The average Bonchev–Trinajstić information content (AvgIpc) is 2.89. The van der Waals surface area contributed by atoms with E-state index >= 15 is 0 Å². The van der Waals surface area contributed by atoms with Crippen LogP contribution in [0.25, 0.3) is 0 Å². The van der Waals surface area contributed by atoms with E-state index < -0.39 is 19.2 Å². The van der Waals surface area contributed by atoms with Gasteiger partial charge < -0.3 is 5.11 Å². The van der Waals surface area contributed by atoms with E-state index in [1.54, 1.807) is 42.5 Å². The summed E-state index contributed by atoms with van der Waals surface area (Å²) in [5.41, 5.74) is 0.347. The molecule has 0 amide bonds. The molecule has 0 fully saturated rings. The van der Waals surface area contributed by atoms with Gasteiger partial charge in [0.1, 0.15) is 0 Å². The highest BCUT2D eigenvalue weighted by Gasteiger charge is 2.58. The lowest BCUT2D eigenvalue weighted by Crippen LogP contribution is -2.34. The zero-order chi connectivity index (χ0) is 13.9. The third-order valence-corrected chi connectivity index (χ3v) is 5.08. The van der Waals surface area contributed by atoms with Gasteiger partial charge in [0, 0.05) is 10.4 Å². The number of hydrogen-bond acceptors (Lipinski definition) is 3. The van der Waals surface area contributed by atoms with Gasteiger partial charge in [-0.1, -0.05) is 36.4 Å². The van der Waals surface area contributed by atoms with Crippen molar-refractivity contribution in [3.63, 3.8) is 0 Å². The minimum Gasteiger partial charge on any atom is -0.477 e. The van der Waals surface area contributed by atoms with Crippen LogP contribution in [-0.4, -0.2) is 16.0 Å². The highest BCUT2D eigenvalue weighted by molar-refractivity contribution is 7.41. The van der Waals surface area contributed by atoms with Gasteiger partial charge in [-0.15, -0.1) is 11.3 Å². The highest BCUT2D eigenvalue weighted by atomic mass is 32.1. The van der Waals surface area contributed by atoms with Crippen LogP contribution in [0, 0.1) is 0 Å². The molecule has 2 aromatic rings. The molecule has 0 saturated carbocycles. The lowest BCUT2D eigenvalue weighted by Gasteiger charge is -2.16. The molecule has 4 nitrogen and oxygen atoms in total. The second-order valence-corrected chi connectivity index (χ2v) is 6.40. The van der Waals surface area contributed by atoms with Crippen LogP contribution in [0.1, 0.15) is 10.4 Å². The van der Waals surface area contributed by atoms with Gasteiger partial charge in [0.2, 0.25) is 0 Å². The maximum absolute atomic E-state index is 11.8. The normalized spacial score (nSPS) is 14.7. The summed E-state index contributed by atoms with van der Waals surface area (Å²) in [5, 5.41) is 9.53. The van der Waals surface area contributed by atoms with Crippen molar-refractivity contribution in [2.45, 2.75) is 11.6 Å². The number of benzene rings is 1. The summed E-state index contributed by atoms with van der Waals surface area (Å²) in [6.07, 6.45) is 0.00964. The molecular weight excluding hydrogens is 283 g/mol. The van der Waals surface area contributed by atoms with E-state index in [1.807, 2.05) is 5.38 Å². The van der Waals surface area contributed by atoms with Gasteiger partial charge in [0.25, 0.3) is 0 Å². The van der Waals surface area contributed by atoms with Crippen LogP contribution in [-0.2, 0) is 20.9 Å². The quantitative estimate of drug-likeness (QED) is 0.831. The van der Waals surface area contributed by atoms with Crippen LogP contribution in [0.5, 0.6) is 0 Å². The van der Waals surface area contributed by atoms with Crippen LogP contribution in [0.3, 0.4) is 0 Å². The summed E-state index contributed by atoms with van der Waals surface area (Å²) in [5.74, 6) is -1.28. The van der Waals surface area contributed by atoms with Crippen molar-refractivity contribution in [1.82, 2.24) is 0 Å². The third-order valence-electron chi connectivity index (χ3n) is 2.94. The zero-order valence-corrected chi connectivity index (χ0v) is 11.6. The van der Waals surface area contributed by atoms with Gasteiger partial charge in [0.05, 0.1) is 6.42 Å². The molecule has 19 heavy (non-hydrogen) atoms. The Morgan fingerprint density at radius 1 is 1.21 bits per heavy atom. The lowest BCUT2D eigenvalue weighted by atomic mass is 9.94. The van der Waals surface area contributed by atoms with Crippen LogP contribution in [0.2, 0.25) is 0 Å². The molecule has 1 aromatic carbocycles. The van der Waals surface area contributed by atoms with E-state index in [4.69, 9.17) is 0 Å². The smallest absolute Gasteiger partial charge is 0.477 e. The second kappa shape index (κ2) is 5.61. The first-order valence-electron chi connectivity index (χ1n) is 5.55. The maximum atomic E-state index is 11.8. The standard InChI is InChI=1S/C13H11O4PS/c14-12(15)13(18(16)17,9-11-7-4-8-19-11)10-5-2-1-3-6-10/h1-8H,9H2,(H-,14,15,16,17)/p+1. The van der Waals surface area contributed by atoms with E-state index in [9.17, 15) is 19.4 Å². The molecule has 0 aliphatic rings. The number of thiophene rings is 1. The topological polar surface area (TPSA) is 74.6 Å². The first kappa shape index (κ1) is 13.9. The zero-order valence-electron chi connectivity index (χ0n) is 9.89. The van der Waals surface area contributed by atoms with Crippen LogP contribution in [0.4, 0.5) is 0 Å². The lowest BCUT2D eigenvalue weighted by molar-refractivity contribution is -0.140. The second-order valence-electron chi connectivity index (χ2n) is 4.06. The van der Waals surface area contributed by atoms with Gasteiger partial charge >= 0.3 is 19.2 Å². The molecule has 0 bridgehead atoms. The molecule has 0 aliphatic heterocycles. The molecule has 2 atom stereocenters. The maximum Gasteiger partial charge on any atom is 0.529 e. The Kier molecular flexibility index (Phi) is 4.10. The van der Waals surface area contributed by atoms with E-state index in [2.05, 4.69) is 0 Å². The molecule has 0 saturated heterocycles. The molecule has 0 spiro atoms. The SMILES string of the molecule is O=C(O)C(Cc1cccs1)(c1ccccc1)[P+](=O)O. The molecule has 98 valence electrons. The van der Waals surface area contributed by atoms with Crippen molar-refractivity contribution in [1.29, 1.82) is 0 Å². The Bertz CT molecular complexity index is 566. The molecule has 6 heteroatoms. The fourth-order valence-electron chi connectivity index (χ4n) is 1.94. The minimum absolute atomic E-state index is 0.00964. The van der Waals surface area contributed by atoms with Gasteiger partial charge in [-0.25, -0.2) is 4.79 Å². The summed E-state index contributed by atoms with van der Waals surface area (Å²) in [7, 11) is -2.91. The van der Waals surface area contributed by atoms with Crippen molar-refractivity contribution in [3.05, 3.63) is 58.3 Å². The van der Waals surface area contributed by atoms with Crippen molar-refractivity contribution in [2.75, 3.05) is 0 Å². The molecule has 0 radical (unpaired) electrons. The summed E-state index contributed by atoms with van der Waals surface area (Å²) in [4.78, 5) is 22.0. The Morgan fingerprint density at radius 2 is 1.89 bits per heavy atom. The van der Waals surface area contributed by atoms with Crippen LogP contribution in [0.15, 0.2) is 47.8 Å². The largest absolute Gasteiger partial charge is 0.529 e. The third kappa shape index (κ3) is 2.59. The fraction of sp³-hybridized carbons (Fsp3) is 0.154. The Balaban J connectivity index is 2.54. The molecule has 1 aromatic heterocycles. The van der Waals surface area contributed by atoms with E-state index in [0.717, 1.165) is 4.88 Å². The number of carboxylic acid groups (broad SMARTS) is 1. The van der Waals surface area contributed by atoms with E-state index in [-0.39, 0.29) is 6.42 Å². The molecule has 1 heterocycles. The van der Waals surface area contributed by atoms with Crippen LogP contribution >= 0.6 is 19.4 Å². The Labute approximate surface area is 115 Å². The predicted molar refractivity (Wildman–Crippen MR) is 73.6 cm³/mol. The number of carbonyl (C=O) groups is 1. The summed E-state index contributed by atoms with van der Waals surface area (Å²) >= 11 is 1.38. The van der Waals surface area contributed by atoms with Crippen molar-refractivity contribution < 1.29 is 19.4 Å². The van der Waals surface area contributed by atoms with Crippen molar-refractivity contribution >= 4 is 25.3 Å². The number of rotatable bonds is 5. The summed E-state index contributed by atoms with van der Waals surface area (Å²) < 4.78 is 11.8. The fourth-order valence-corrected chi connectivity index (χ4v) is 3.68. The molecule has 2 N–H and O–H groups in total. The minimum atomic E-state index is -2.91. The first-order valence-corrected chi connectivity index (χ1v) is 7.64. The summed E-state index contributed by atoms with van der Waals surface area (Å²) in [6.45, 7) is 0. The van der Waals surface area contributed by atoms with Crippen molar-refractivity contribution in [3.8, 4) is 0 Å². The van der Waals surface area contributed by atoms with Gasteiger partial charge in [-0.05, 0) is 16.0 Å². The highest BCUT2D eigenvalue weighted by Crippen LogP contribution is 2.47. The van der Waals surface area contributed by atoms with E-state index in [1.165, 1.54) is 11.3 Å². The monoisotopic (exact) mass is 295 g/mol. The summed E-state index contributed by atoms with van der Waals surface area (Å²) in [6, 6.07) is 11.8.